The van der Waals surface area contributed by atoms with E-state index in [-0.39, 0.29) is 11.7 Å². The highest BCUT2D eigenvalue weighted by Crippen LogP contribution is 2.30. The van der Waals surface area contributed by atoms with E-state index in [1.54, 1.807) is 36.9 Å². The molecule has 0 spiro atoms. The van der Waals surface area contributed by atoms with Crippen molar-refractivity contribution in [1.82, 2.24) is 19.8 Å². The van der Waals surface area contributed by atoms with Crippen molar-refractivity contribution < 1.29 is 19.0 Å². The Morgan fingerprint density at radius 2 is 1.78 bits per heavy atom. The molecule has 32 heavy (non-hydrogen) atoms. The van der Waals surface area contributed by atoms with Gasteiger partial charge in [-0.1, -0.05) is 23.9 Å². The van der Waals surface area contributed by atoms with E-state index in [1.165, 1.54) is 18.9 Å². The smallest absolute Gasteiger partial charge is 0.234 e. The maximum atomic E-state index is 12.5. The second-order valence-electron chi connectivity index (χ2n) is 6.57. The summed E-state index contributed by atoms with van der Waals surface area (Å²) in [6, 6.07) is 16.5. The molecule has 2 aromatic heterocycles. The van der Waals surface area contributed by atoms with Gasteiger partial charge in [0.15, 0.2) is 5.65 Å². The highest BCUT2D eigenvalue weighted by atomic mass is 32.2. The van der Waals surface area contributed by atoms with Crippen molar-refractivity contribution >= 4 is 29.0 Å². The lowest BCUT2D eigenvalue weighted by molar-refractivity contribution is -0.113. The number of nitrogens with zero attached hydrogens (tertiary/aromatic N) is 4. The minimum Gasteiger partial charge on any atom is -0.497 e. The predicted molar refractivity (Wildman–Crippen MR) is 122 cm³/mol. The lowest BCUT2D eigenvalue weighted by Gasteiger charge is -2.11. The van der Waals surface area contributed by atoms with Crippen molar-refractivity contribution in [2.75, 3.05) is 32.4 Å². The molecule has 0 radical (unpaired) electrons. The van der Waals surface area contributed by atoms with E-state index >= 15 is 0 Å². The van der Waals surface area contributed by atoms with Crippen LogP contribution in [0.1, 0.15) is 0 Å². The Labute approximate surface area is 188 Å². The summed E-state index contributed by atoms with van der Waals surface area (Å²) in [5, 5.41) is 16.3. The number of benzene rings is 2. The average Bonchev–Trinajstić information content (AvgIpc) is 3.25. The molecule has 0 aliphatic heterocycles. The Hall–Kier alpha value is -3.79. The Morgan fingerprint density at radius 3 is 2.56 bits per heavy atom. The van der Waals surface area contributed by atoms with E-state index in [9.17, 15) is 4.79 Å². The zero-order valence-corrected chi connectivity index (χ0v) is 18.5. The fraction of sp³-hybridized carbons (Fsp3) is 0.182. The number of nitrogens with one attached hydrogen (secondary N) is 1. The van der Waals surface area contributed by atoms with Gasteiger partial charge >= 0.3 is 0 Å². The maximum absolute atomic E-state index is 12.5. The van der Waals surface area contributed by atoms with Crippen LogP contribution in [0.25, 0.3) is 16.9 Å². The number of methoxy groups -OCH3 is 3. The van der Waals surface area contributed by atoms with Gasteiger partial charge in [-0.05, 0) is 36.4 Å². The number of para-hydroxylation sites is 1. The quantitative estimate of drug-likeness (QED) is 0.406. The molecule has 2 heterocycles. The molecule has 0 atom stereocenters. The number of hydrogen-bond acceptors (Lipinski definition) is 8. The lowest BCUT2D eigenvalue weighted by atomic mass is 10.1. The van der Waals surface area contributed by atoms with Gasteiger partial charge < -0.3 is 19.5 Å². The average molecular weight is 452 g/mol. The van der Waals surface area contributed by atoms with Crippen LogP contribution in [0.5, 0.6) is 17.2 Å². The third-order valence-corrected chi connectivity index (χ3v) is 5.55. The molecule has 1 amide bonds. The van der Waals surface area contributed by atoms with Gasteiger partial charge in [-0.25, -0.2) is 0 Å². The van der Waals surface area contributed by atoms with Gasteiger partial charge in [0, 0.05) is 11.6 Å². The first-order valence-corrected chi connectivity index (χ1v) is 10.6. The van der Waals surface area contributed by atoms with Gasteiger partial charge in [-0.3, -0.25) is 4.79 Å². The van der Waals surface area contributed by atoms with Crippen molar-refractivity contribution in [1.29, 1.82) is 0 Å². The summed E-state index contributed by atoms with van der Waals surface area (Å²) in [6.07, 6.45) is 0. The normalized spacial score (nSPS) is 10.7. The summed E-state index contributed by atoms with van der Waals surface area (Å²) >= 11 is 1.24. The number of ether oxygens (including phenoxy) is 3. The largest absolute Gasteiger partial charge is 0.497 e. The standard InChI is InChI=1S/C22H21N5O4S/c1-29-14-8-9-17(19(12-14)31-3)23-21(28)13-32-22-25-24-20-11-10-16(26-27(20)22)15-6-4-5-7-18(15)30-2/h4-12H,13H2,1-3H3,(H,23,28). The third kappa shape index (κ3) is 4.45. The fourth-order valence-electron chi connectivity index (χ4n) is 3.08. The van der Waals surface area contributed by atoms with E-state index in [2.05, 4.69) is 20.6 Å². The number of hydrogen-bond donors (Lipinski definition) is 1. The summed E-state index contributed by atoms with van der Waals surface area (Å²) in [7, 11) is 4.72. The first-order chi connectivity index (χ1) is 15.6. The Bertz CT molecular complexity index is 1260. The van der Waals surface area contributed by atoms with Gasteiger partial charge in [-0.15, -0.1) is 10.2 Å². The maximum Gasteiger partial charge on any atom is 0.234 e. The zero-order valence-electron chi connectivity index (χ0n) is 17.7. The van der Waals surface area contributed by atoms with Crippen molar-refractivity contribution in [3.63, 3.8) is 0 Å². The van der Waals surface area contributed by atoms with Crippen LogP contribution < -0.4 is 19.5 Å². The zero-order chi connectivity index (χ0) is 22.5. The van der Waals surface area contributed by atoms with E-state index in [0.29, 0.717) is 33.7 Å². The van der Waals surface area contributed by atoms with E-state index in [0.717, 1.165) is 11.3 Å². The second-order valence-corrected chi connectivity index (χ2v) is 7.52. The Morgan fingerprint density at radius 1 is 0.969 bits per heavy atom. The van der Waals surface area contributed by atoms with Crippen LogP contribution in [0, 0.1) is 0 Å². The number of rotatable bonds is 8. The van der Waals surface area contributed by atoms with Crippen molar-refractivity contribution in [2.24, 2.45) is 0 Å². The predicted octanol–water partition coefficient (Wildman–Crippen LogP) is 3.55. The molecule has 0 saturated heterocycles. The van der Waals surface area contributed by atoms with Crippen LogP contribution in [0.3, 0.4) is 0 Å². The molecule has 9 nitrogen and oxygen atoms in total. The number of thioether (sulfide) groups is 1. The number of amides is 1. The van der Waals surface area contributed by atoms with Crippen molar-refractivity contribution in [3.05, 3.63) is 54.6 Å². The second kappa shape index (κ2) is 9.56. The van der Waals surface area contributed by atoms with Gasteiger partial charge in [0.25, 0.3) is 0 Å². The molecular formula is C22H21N5O4S. The molecule has 0 bridgehead atoms. The molecular weight excluding hydrogens is 430 g/mol. The Balaban J connectivity index is 1.51. The molecule has 2 aromatic carbocycles. The SMILES string of the molecule is COc1ccc(NC(=O)CSc2nnc3ccc(-c4ccccc4OC)nn23)c(OC)c1. The molecule has 0 unspecified atom stereocenters. The van der Waals surface area contributed by atoms with Gasteiger partial charge in [-0.2, -0.15) is 9.61 Å². The molecule has 0 aliphatic rings. The molecule has 0 fully saturated rings. The van der Waals surface area contributed by atoms with Crippen molar-refractivity contribution in [3.8, 4) is 28.5 Å². The summed E-state index contributed by atoms with van der Waals surface area (Å²) in [6.45, 7) is 0. The van der Waals surface area contributed by atoms with Gasteiger partial charge in [0.05, 0.1) is 38.5 Å². The number of aromatic nitrogens is 4. The first-order valence-electron chi connectivity index (χ1n) is 9.63. The molecule has 4 rings (SSSR count). The molecule has 10 heteroatoms. The summed E-state index contributed by atoms with van der Waals surface area (Å²) < 4.78 is 17.6. The minimum absolute atomic E-state index is 0.122. The minimum atomic E-state index is -0.212. The van der Waals surface area contributed by atoms with E-state index < -0.39 is 0 Å². The molecule has 0 saturated carbocycles. The van der Waals surface area contributed by atoms with Crippen LogP contribution in [0.15, 0.2) is 59.8 Å². The van der Waals surface area contributed by atoms with Crippen LogP contribution >= 0.6 is 11.8 Å². The number of fused-ring (bicyclic) bond motifs is 1. The third-order valence-electron chi connectivity index (χ3n) is 4.63. The highest BCUT2D eigenvalue weighted by molar-refractivity contribution is 7.99. The topological polar surface area (TPSA) is 99.9 Å². The van der Waals surface area contributed by atoms with Gasteiger partial charge in [0.2, 0.25) is 11.1 Å². The fourth-order valence-corrected chi connectivity index (χ4v) is 3.76. The molecule has 1 N–H and O–H groups in total. The highest BCUT2D eigenvalue weighted by Gasteiger charge is 2.14. The Kier molecular flexibility index (Phi) is 6.41. The summed E-state index contributed by atoms with van der Waals surface area (Å²) in [4.78, 5) is 12.5. The van der Waals surface area contributed by atoms with Crippen LogP contribution in [-0.2, 0) is 4.79 Å². The van der Waals surface area contributed by atoms with Crippen LogP contribution in [0.4, 0.5) is 5.69 Å². The number of anilines is 1. The molecule has 164 valence electrons. The monoisotopic (exact) mass is 451 g/mol. The number of carbonyl (C=O) groups is 1. The molecule has 4 aromatic rings. The van der Waals surface area contributed by atoms with Crippen LogP contribution in [-0.4, -0.2) is 52.8 Å². The summed E-state index contributed by atoms with van der Waals surface area (Å²) in [5.41, 5.74) is 2.71. The van der Waals surface area contributed by atoms with E-state index in [4.69, 9.17) is 14.2 Å². The summed E-state index contributed by atoms with van der Waals surface area (Å²) in [5.74, 6) is 1.78. The van der Waals surface area contributed by atoms with Crippen LogP contribution in [0.2, 0.25) is 0 Å². The first kappa shape index (κ1) is 21.4. The van der Waals surface area contributed by atoms with Gasteiger partial charge in [0.1, 0.15) is 17.2 Å². The lowest BCUT2D eigenvalue weighted by Crippen LogP contribution is -2.15. The van der Waals surface area contributed by atoms with Crippen molar-refractivity contribution in [2.45, 2.75) is 5.16 Å². The number of carbonyl (C=O) groups excluding carboxylic acids is 1. The van der Waals surface area contributed by atoms with E-state index in [1.807, 2.05) is 36.4 Å². The molecule has 0 aliphatic carbocycles.